The molecule has 2 aliphatic rings. The van der Waals surface area contributed by atoms with E-state index in [1.807, 2.05) is 6.92 Å². The van der Waals surface area contributed by atoms with Crippen LogP contribution in [0.5, 0.6) is 0 Å². The van der Waals surface area contributed by atoms with E-state index in [4.69, 9.17) is 4.99 Å². The molecule has 0 aromatic rings. The van der Waals surface area contributed by atoms with Crippen molar-refractivity contribution in [3.8, 4) is 0 Å². The van der Waals surface area contributed by atoms with Gasteiger partial charge in [-0.1, -0.05) is 26.7 Å². The first-order valence-corrected chi connectivity index (χ1v) is 10.4. The van der Waals surface area contributed by atoms with Crippen LogP contribution in [0.1, 0.15) is 46.5 Å². The van der Waals surface area contributed by atoms with Gasteiger partial charge in [-0.15, -0.1) is 24.0 Å². The lowest BCUT2D eigenvalue weighted by Gasteiger charge is -2.32. The summed E-state index contributed by atoms with van der Waals surface area (Å²) < 4.78 is 0. The van der Waals surface area contributed by atoms with Gasteiger partial charge in [-0.2, -0.15) is 0 Å². The summed E-state index contributed by atoms with van der Waals surface area (Å²) >= 11 is 0. The molecule has 3 N–H and O–H groups in total. The first kappa shape index (κ1) is 24.9. The molecule has 2 heterocycles. The summed E-state index contributed by atoms with van der Waals surface area (Å²) in [7, 11) is 0. The van der Waals surface area contributed by atoms with Crippen LogP contribution in [0.3, 0.4) is 0 Å². The molecule has 2 saturated heterocycles. The minimum absolute atomic E-state index is 0. The third-order valence-electron chi connectivity index (χ3n) is 5.22. The fourth-order valence-corrected chi connectivity index (χ4v) is 3.67. The number of amides is 3. The van der Waals surface area contributed by atoms with Crippen LogP contribution in [0.15, 0.2) is 4.99 Å². The number of urea groups is 1. The maximum atomic E-state index is 11.6. The molecule has 28 heavy (non-hydrogen) atoms. The molecule has 0 saturated carbocycles. The lowest BCUT2D eigenvalue weighted by Crippen LogP contribution is -2.45. The number of hydrogen-bond acceptors (Lipinski definition) is 4. The van der Waals surface area contributed by atoms with Gasteiger partial charge in [0.05, 0.1) is 13.1 Å². The van der Waals surface area contributed by atoms with E-state index in [-0.39, 0.29) is 42.5 Å². The van der Waals surface area contributed by atoms with Gasteiger partial charge >= 0.3 is 6.03 Å². The van der Waals surface area contributed by atoms with Gasteiger partial charge in [-0.3, -0.25) is 19.6 Å². The van der Waals surface area contributed by atoms with Gasteiger partial charge in [0.1, 0.15) is 0 Å². The molecule has 0 aromatic heterocycles. The highest BCUT2D eigenvalue weighted by Crippen LogP contribution is 2.17. The number of rotatable bonds is 8. The van der Waals surface area contributed by atoms with E-state index in [1.54, 1.807) is 0 Å². The maximum absolute atomic E-state index is 11.6. The monoisotopic (exact) mass is 508 g/mol. The third-order valence-corrected chi connectivity index (χ3v) is 5.22. The topological polar surface area (TPSA) is 89.1 Å². The summed E-state index contributed by atoms with van der Waals surface area (Å²) in [6, 6.07) is 0.120. The van der Waals surface area contributed by atoms with Crippen LogP contribution in [0, 0.1) is 5.92 Å². The van der Waals surface area contributed by atoms with Gasteiger partial charge in [0.2, 0.25) is 5.91 Å². The second-order valence-corrected chi connectivity index (χ2v) is 7.61. The summed E-state index contributed by atoms with van der Waals surface area (Å²) in [5, 5.41) is 9.04. The lowest BCUT2D eigenvalue weighted by atomic mass is 10.0. The molecule has 9 heteroatoms. The molecule has 0 spiro atoms. The zero-order chi connectivity index (χ0) is 19.6. The molecule has 3 amide bonds. The molecule has 8 nitrogen and oxygen atoms in total. The molecule has 0 radical (unpaired) electrons. The van der Waals surface area contributed by atoms with E-state index < -0.39 is 0 Å². The van der Waals surface area contributed by atoms with Crippen LogP contribution in [0.4, 0.5) is 4.79 Å². The summed E-state index contributed by atoms with van der Waals surface area (Å²) in [6.45, 7) is 11.3. The highest BCUT2D eigenvalue weighted by atomic mass is 127. The molecule has 0 aromatic carbocycles. The number of carbonyl (C=O) groups excluding carboxylic acids is 2. The highest BCUT2D eigenvalue weighted by molar-refractivity contribution is 14.0. The normalized spacial score (nSPS) is 19.9. The predicted octanol–water partition coefficient (Wildman–Crippen LogP) is 1.61. The van der Waals surface area contributed by atoms with Crippen molar-refractivity contribution in [3.05, 3.63) is 0 Å². The molecule has 1 atom stereocenters. The van der Waals surface area contributed by atoms with Crippen LogP contribution < -0.4 is 16.0 Å². The Bertz CT molecular complexity index is 505. The number of likely N-dealkylation sites (tertiary alicyclic amines) is 1. The van der Waals surface area contributed by atoms with Crippen LogP contribution >= 0.6 is 24.0 Å². The van der Waals surface area contributed by atoms with Crippen molar-refractivity contribution >= 4 is 41.9 Å². The second kappa shape index (κ2) is 13.2. The SMILES string of the molecule is CCNC(=NCC(C(C)C)N1CCCCCC1)NCCN1C(=O)CNC1=O.I. The molecular weight excluding hydrogens is 471 g/mol. The summed E-state index contributed by atoms with van der Waals surface area (Å²) in [6.07, 6.45) is 5.21. The Kier molecular flexibility index (Phi) is 11.7. The van der Waals surface area contributed by atoms with Crippen molar-refractivity contribution in [2.24, 2.45) is 10.9 Å². The number of halogens is 1. The number of guanidine groups is 1. The van der Waals surface area contributed by atoms with Crippen molar-refractivity contribution in [3.63, 3.8) is 0 Å². The zero-order valence-corrected chi connectivity index (χ0v) is 19.8. The zero-order valence-electron chi connectivity index (χ0n) is 17.5. The molecule has 1 unspecified atom stereocenters. The largest absolute Gasteiger partial charge is 0.357 e. The highest BCUT2D eigenvalue weighted by Gasteiger charge is 2.27. The van der Waals surface area contributed by atoms with Crippen molar-refractivity contribution in [1.29, 1.82) is 0 Å². The fraction of sp³-hybridized carbons (Fsp3) is 0.842. The molecule has 2 aliphatic heterocycles. The number of nitrogens with one attached hydrogen (secondary N) is 3. The van der Waals surface area contributed by atoms with Crippen LogP contribution in [-0.4, -0.2) is 79.6 Å². The van der Waals surface area contributed by atoms with Gasteiger partial charge < -0.3 is 16.0 Å². The minimum atomic E-state index is -0.315. The average molecular weight is 508 g/mol. The molecule has 162 valence electrons. The number of carbonyl (C=O) groups is 2. The smallest absolute Gasteiger partial charge is 0.324 e. The molecule has 2 fully saturated rings. The number of aliphatic imine (C=N–C) groups is 1. The molecular formula is C19H37IN6O2. The fourth-order valence-electron chi connectivity index (χ4n) is 3.67. The van der Waals surface area contributed by atoms with Gasteiger partial charge in [0.15, 0.2) is 5.96 Å². The lowest BCUT2D eigenvalue weighted by molar-refractivity contribution is -0.124. The summed E-state index contributed by atoms with van der Waals surface area (Å²) in [4.78, 5) is 31.9. The first-order valence-electron chi connectivity index (χ1n) is 10.4. The first-order chi connectivity index (χ1) is 13.0. The molecule has 2 rings (SSSR count). The number of hydrogen-bond donors (Lipinski definition) is 3. The van der Waals surface area contributed by atoms with Gasteiger partial charge in [0.25, 0.3) is 0 Å². The van der Waals surface area contributed by atoms with Crippen LogP contribution in [0.2, 0.25) is 0 Å². The molecule has 0 aliphatic carbocycles. The van der Waals surface area contributed by atoms with Crippen molar-refractivity contribution in [2.45, 2.75) is 52.5 Å². The predicted molar refractivity (Wildman–Crippen MR) is 123 cm³/mol. The minimum Gasteiger partial charge on any atom is -0.357 e. The molecule has 0 bridgehead atoms. The van der Waals surface area contributed by atoms with Crippen LogP contribution in [-0.2, 0) is 4.79 Å². The maximum Gasteiger partial charge on any atom is 0.324 e. The Hall–Kier alpha value is -1.10. The Morgan fingerprint density at radius 2 is 1.82 bits per heavy atom. The number of imide groups is 1. The Balaban J connectivity index is 0.00000392. The van der Waals surface area contributed by atoms with Crippen molar-refractivity contribution in [1.82, 2.24) is 25.8 Å². The average Bonchev–Trinajstić information content (AvgIpc) is 2.83. The quantitative estimate of drug-likeness (QED) is 0.201. The van der Waals surface area contributed by atoms with Gasteiger partial charge in [-0.25, -0.2) is 4.79 Å². The van der Waals surface area contributed by atoms with Crippen LogP contribution in [0.25, 0.3) is 0 Å². The van der Waals surface area contributed by atoms with Gasteiger partial charge in [0, 0.05) is 25.7 Å². The summed E-state index contributed by atoms with van der Waals surface area (Å²) in [5.74, 6) is 1.11. The van der Waals surface area contributed by atoms with Gasteiger partial charge in [-0.05, 0) is 38.8 Å². The van der Waals surface area contributed by atoms with E-state index in [0.29, 0.717) is 25.0 Å². The van der Waals surface area contributed by atoms with Crippen molar-refractivity contribution < 1.29 is 9.59 Å². The van der Waals surface area contributed by atoms with E-state index in [9.17, 15) is 9.59 Å². The summed E-state index contributed by atoms with van der Waals surface area (Å²) in [5.41, 5.74) is 0. The van der Waals surface area contributed by atoms with E-state index in [1.165, 1.54) is 30.6 Å². The van der Waals surface area contributed by atoms with E-state index in [0.717, 1.165) is 32.1 Å². The Morgan fingerprint density at radius 3 is 2.36 bits per heavy atom. The van der Waals surface area contributed by atoms with Crippen molar-refractivity contribution in [2.75, 3.05) is 45.8 Å². The standard InChI is InChI=1S/C19H36N6O2.HI/c1-4-20-18(21-9-12-25-17(26)14-23-19(25)27)22-13-16(15(2)3)24-10-7-5-6-8-11-24;/h15-16H,4-14H2,1-3H3,(H,23,27)(H2,20,21,22);1H. The number of nitrogens with zero attached hydrogens (tertiary/aromatic N) is 3. The third kappa shape index (κ3) is 7.73. The van der Waals surface area contributed by atoms with E-state index in [2.05, 4.69) is 34.7 Å². The Labute approximate surface area is 186 Å². The second-order valence-electron chi connectivity index (χ2n) is 7.61. The van der Waals surface area contributed by atoms with E-state index >= 15 is 0 Å². The Morgan fingerprint density at radius 1 is 1.14 bits per heavy atom.